The Balaban J connectivity index is 2.19. The van der Waals surface area contributed by atoms with E-state index in [1.165, 1.54) is 32.1 Å². The molecule has 0 aliphatic carbocycles. The molecule has 0 amide bonds. The third-order valence-electron chi connectivity index (χ3n) is 3.62. The predicted octanol–water partition coefficient (Wildman–Crippen LogP) is 4.96. The van der Waals surface area contributed by atoms with Crippen molar-refractivity contribution >= 4 is 0 Å². The Hall–Kier alpha value is -1.46. The molecule has 0 aliphatic rings. The lowest BCUT2D eigenvalue weighted by Gasteiger charge is -2.12. The average molecular weight is 288 g/mol. The van der Waals surface area contributed by atoms with Crippen LogP contribution < -0.4 is 4.74 Å². The summed E-state index contributed by atoms with van der Waals surface area (Å²) in [6.07, 6.45) is 14.1. The Morgan fingerprint density at radius 1 is 1.05 bits per heavy atom. The van der Waals surface area contributed by atoms with Gasteiger partial charge in [-0.05, 0) is 30.5 Å². The molecule has 1 atom stereocenters. The number of terminal acetylenes is 1. The molecule has 0 bridgehead atoms. The van der Waals surface area contributed by atoms with Crippen LogP contribution in [0, 0.1) is 12.3 Å². The van der Waals surface area contributed by atoms with Crippen LogP contribution in [0.15, 0.2) is 24.3 Å². The van der Waals surface area contributed by atoms with E-state index in [4.69, 9.17) is 15.9 Å². The van der Waals surface area contributed by atoms with Crippen molar-refractivity contribution < 1.29 is 9.47 Å². The van der Waals surface area contributed by atoms with E-state index >= 15 is 0 Å². The Morgan fingerprint density at radius 3 is 2.33 bits per heavy atom. The van der Waals surface area contributed by atoms with Crippen LogP contribution in [0.2, 0.25) is 0 Å². The van der Waals surface area contributed by atoms with Crippen LogP contribution in [0.4, 0.5) is 0 Å². The first-order valence-corrected chi connectivity index (χ1v) is 8.00. The molecule has 0 radical (unpaired) electrons. The van der Waals surface area contributed by atoms with Crippen molar-refractivity contribution in [2.75, 3.05) is 7.11 Å². The van der Waals surface area contributed by atoms with Crippen LogP contribution in [0.3, 0.4) is 0 Å². The molecule has 21 heavy (non-hydrogen) atoms. The molecule has 0 heterocycles. The standard InChI is InChI=1S/C19H28O2/c1-4-6-7-8-9-10-11-18(5-2)21-16-17-12-14-19(20-3)15-13-17/h2,12-15,18H,4,6-11,16H2,1,3H3. The fourth-order valence-corrected chi connectivity index (χ4v) is 2.24. The van der Waals surface area contributed by atoms with Crippen molar-refractivity contribution in [3.63, 3.8) is 0 Å². The van der Waals surface area contributed by atoms with E-state index < -0.39 is 0 Å². The number of methoxy groups -OCH3 is 1. The van der Waals surface area contributed by atoms with Gasteiger partial charge in [0.2, 0.25) is 0 Å². The molecule has 1 unspecified atom stereocenters. The molecular weight excluding hydrogens is 260 g/mol. The lowest BCUT2D eigenvalue weighted by Crippen LogP contribution is -2.10. The fraction of sp³-hybridized carbons (Fsp3) is 0.579. The van der Waals surface area contributed by atoms with E-state index in [-0.39, 0.29) is 6.10 Å². The highest BCUT2D eigenvalue weighted by Crippen LogP contribution is 2.14. The molecule has 0 aromatic heterocycles. The maximum absolute atomic E-state index is 5.80. The van der Waals surface area contributed by atoms with Crippen LogP contribution in [-0.2, 0) is 11.3 Å². The van der Waals surface area contributed by atoms with Gasteiger partial charge in [-0.15, -0.1) is 6.42 Å². The molecule has 0 fully saturated rings. The molecule has 1 rings (SSSR count). The highest BCUT2D eigenvalue weighted by molar-refractivity contribution is 5.26. The van der Waals surface area contributed by atoms with Gasteiger partial charge in [0.05, 0.1) is 13.7 Å². The van der Waals surface area contributed by atoms with Gasteiger partial charge in [0.15, 0.2) is 0 Å². The van der Waals surface area contributed by atoms with E-state index in [1.54, 1.807) is 7.11 Å². The summed E-state index contributed by atoms with van der Waals surface area (Å²) in [5.74, 6) is 3.61. The van der Waals surface area contributed by atoms with Crippen LogP contribution in [-0.4, -0.2) is 13.2 Å². The predicted molar refractivity (Wildman–Crippen MR) is 88.4 cm³/mol. The van der Waals surface area contributed by atoms with Gasteiger partial charge in [0.25, 0.3) is 0 Å². The van der Waals surface area contributed by atoms with Gasteiger partial charge in [0.1, 0.15) is 11.9 Å². The molecular formula is C19H28O2. The van der Waals surface area contributed by atoms with Crippen molar-refractivity contribution in [3.05, 3.63) is 29.8 Å². The number of ether oxygens (including phenoxy) is 2. The largest absolute Gasteiger partial charge is 0.497 e. The molecule has 0 saturated carbocycles. The summed E-state index contributed by atoms with van der Waals surface area (Å²) in [7, 11) is 1.67. The van der Waals surface area contributed by atoms with Crippen LogP contribution in [0.1, 0.15) is 57.4 Å². The van der Waals surface area contributed by atoms with E-state index in [9.17, 15) is 0 Å². The van der Waals surface area contributed by atoms with Crippen molar-refractivity contribution in [2.45, 2.75) is 64.6 Å². The molecule has 1 aromatic carbocycles. The first-order chi connectivity index (χ1) is 10.3. The zero-order valence-corrected chi connectivity index (χ0v) is 13.4. The molecule has 1 aromatic rings. The number of rotatable bonds is 11. The monoisotopic (exact) mass is 288 g/mol. The van der Waals surface area contributed by atoms with E-state index in [0.29, 0.717) is 6.61 Å². The second kappa shape index (κ2) is 11.2. The van der Waals surface area contributed by atoms with Gasteiger partial charge < -0.3 is 9.47 Å². The van der Waals surface area contributed by atoms with Crippen LogP contribution in [0.5, 0.6) is 5.75 Å². The number of hydrogen-bond acceptors (Lipinski definition) is 2. The Bertz CT molecular complexity index is 403. The highest BCUT2D eigenvalue weighted by Gasteiger charge is 2.05. The van der Waals surface area contributed by atoms with Crippen molar-refractivity contribution in [1.29, 1.82) is 0 Å². The van der Waals surface area contributed by atoms with Crippen molar-refractivity contribution in [2.24, 2.45) is 0 Å². The van der Waals surface area contributed by atoms with Gasteiger partial charge >= 0.3 is 0 Å². The van der Waals surface area contributed by atoms with E-state index in [2.05, 4.69) is 12.8 Å². The van der Waals surface area contributed by atoms with Gasteiger partial charge in [-0.25, -0.2) is 0 Å². The summed E-state index contributed by atoms with van der Waals surface area (Å²) >= 11 is 0. The Labute approximate surface area is 129 Å². The van der Waals surface area contributed by atoms with Gasteiger partial charge in [-0.2, -0.15) is 0 Å². The maximum atomic E-state index is 5.80. The van der Waals surface area contributed by atoms with Crippen molar-refractivity contribution in [1.82, 2.24) is 0 Å². The molecule has 0 N–H and O–H groups in total. The van der Waals surface area contributed by atoms with E-state index in [0.717, 1.165) is 24.2 Å². The first-order valence-electron chi connectivity index (χ1n) is 8.00. The van der Waals surface area contributed by atoms with Crippen LogP contribution in [0.25, 0.3) is 0 Å². The lowest BCUT2D eigenvalue weighted by molar-refractivity contribution is 0.0709. The zero-order chi connectivity index (χ0) is 15.3. The topological polar surface area (TPSA) is 18.5 Å². The summed E-state index contributed by atoms with van der Waals surface area (Å²) in [5.41, 5.74) is 1.12. The lowest BCUT2D eigenvalue weighted by atomic mass is 10.1. The maximum Gasteiger partial charge on any atom is 0.118 e. The average Bonchev–Trinajstić information content (AvgIpc) is 2.54. The van der Waals surface area contributed by atoms with Crippen LogP contribution >= 0.6 is 0 Å². The Kier molecular flexibility index (Phi) is 9.40. The van der Waals surface area contributed by atoms with Gasteiger partial charge in [0, 0.05) is 0 Å². The summed E-state index contributed by atoms with van der Waals surface area (Å²) in [5, 5.41) is 0. The SMILES string of the molecule is C#CC(CCCCCCCC)OCc1ccc(OC)cc1. The third-order valence-corrected chi connectivity index (χ3v) is 3.62. The number of hydrogen-bond donors (Lipinski definition) is 0. The van der Waals surface area contributed by atoms with Gasteiger partial charge in [-0.1, -0.05) is 57.1 Å². The fourth-order valence-electron chi connectivity index (χ4n) is 2.24. The van der Waals surface area contributed by atoms with Gasteiger partial charge in [-0.3, -0.25) is 0 Å². The van der Waals surface area contributed by atoms with Crippen molar-refractivity contribution in [3.8, 4) is 18.1 Å². The molecule has 2 nitrogen and oxygen atoms in total. The summed E-state index contributed by atoms with van der Waals surface area (Å²) < 4.78 is 10.9. The molecule has 2 heteroatoms. The number of benzene rings is 1. The molecule has 0 saturated heterocycles. The second-order valence-corrected chi connectivity index (χ2v) is 5.37. The number of unbranched alkanes of at least 4 members (excludes halogenated alkanes) is 5. The first kappa shape index (κ1) is 17.6. The smallest absolute Gasteiger partial charge is 0.118 e. The Morgan fingerprint density at radius 2 is 1.71 bits per heavy atom. The normalized spacial score (nSPS) is 11.9. The summed E-state index contributed by atoms with van der Waals surface area (Å²) in [6, 6.07) is 7.91. The highest BCUT2D eigenvalue weighted by atomic mass is 16.5. The third kappa shape index (κ3) is 7.78. The minimum atomic E-state index is -0.0710. The summed E-state index contributed by atoms with van der Waals surface area (Å²) in [4.78, 5) is 0. The minimum absolute atomic E-state index is 0.0710. The minimum Gasteiger partial charge on any atom is -0.497 e. The zero-order valence-electron chi connectivity index (χ0n) is 13.4. The molecule has 116 valence electrons. The second-order valence-electron chi connectivity index (χ2n) is 5.37. The van der Waals surface area contributed by atoms with E-state index in [1.807, 2.05) is 24.3 Å². The molecule has 0 aliphatic heterocycles. The quantitative estimate of drug-likeness (QED) is 0.423. The molecule has 0 spiro atoms. The summed E-state index contributed by atoms with van der Waals surface area (Å²) in [6.45, 7) is 2.80.